The van der Waals surface area contributed by atoms with E-state index in [-0.39, 0.29) is 43.2 Å². The van der Waals surface area contributed by atoms with E-state index in [1.54, 1.807) is 20.8 Å². The first-order valence-electron chi connectivity index (χ1n) is 23.4. The summed E-state index contributed by atoms with van der Waals surface area (Å²) < 4.78 is 11.7. The van der Waals surface area contributed by atoms with E-state index < -0.39 is 89.0 Å². The smallest absolute Gasteiger partial charge is 0.329 e. The van der Waals surface area contributed by atoms with Crippen LogP contribution < -0.4 is 27.0 Å². The van der Waals surface area contributed by atoms with Crippen molar-refractivity contribution in [3.63, 3.8) is 0 Å². The van der Waals surface area contributed by atoms with E-state index in [0.717, 1.165) is 5.56 Å². The van der Waals surface area contributed by atoms with Crippen molar-refractivity contribution >= 4 is 41.4 Å². The van der Waals surface area contributed by atoms with Gasteiger partial charge in [-0.15, -0.1) is 0 Å². The van der Waals surface area contributed by atoms with Crippen LogP contribution in [0.3, 0.4) is 0 Å². The Hall–Kier alpha value is -4.57. The lowest BCUT2D eigenvalue weighted by Gasteiger charge is -2.34. The number of ether oxygens (including phenoxy) is 2. The second-order valence-corrected chi connectivity index (χ2v) is 20.1. The average molecular weight is 898 g/mol. The van der Waals surface area contributed by atoms with Crippen LogP contribution in [0.25, 0.3) is 0 Å². The van der Waals surface area contributed by atoms with Crippen LogP contribution in [0.5, 0.6) is 0 Å². The van der Waals surface area contributed by atoms with Gasteiger partial charge in [0.2, 0.25) is 35.4 Å². The standard InChI is InChI=1S/C48H79N7O9/c1-13-30(5)38(52-40(56)33(49)26-29(3)4)43(59)50-34(27-32-20-16-15-17-21-32)41(57)51-35(28-63-47(7,8)9)44(60)54-24-18-22-36(54)42(58)53-39(31(6)14-2)45(61)55-25-19-23-37(55)46(62)64-48(10,11)12/h15-17,20-21,29-31,33-39H,13-14,18-19,22-28,49H2,1-12H3,(H,50,59)(H,51,57)(H,52,56)(H,53,58)/t30-,31-,33-,34-,35-,36-,37-,38-,39-/m0/s1. The number of amides is 6. The molecule has 2 aliphatic rings. The largest absolute Gasteiger partial charge is 0.458 e. The Morgan fingerprint density at radius 1 is 0.688 bits per heavy atom. The van der Waals surface area contributed by atoms with Gasteiger partial charge in [-0.25, -0.2) is 4.79 Å². The molecule has 6 amide bonds. The van der Waals surface area contributed by atoms with Gasteiger partial charge in [0.1, 0.15) is 41.9 Å². The van der Waals surface area contributed by atoms with Crippen LogP contribution in [-0.2, 0) is 49.5 Å². The van der Waals surface area contributed by atoms with Gasteiger partial charge < -0.3 is 46.3 Å². The molecular formula is C48H79N7O9. The molecule has 0 saturated carbocycles. The molecule has 6 N–H and O–H groups in total. The minimum atomic E-state index is -1.26. The maximum absolute atomic E-state index is 14.6. The molecule has 0 bridgehead atoms. The van der Waals surface area contributed by atoms with Gasteiger partial charge in [-0.05, 0) is 97.0 Å². The number of likely N-dealkylation sites (tertiary alicyclic amines) is 2. The summed E-state index contributed by atoms with van der Waals surface area (Å²) in [5.74, 6) is -4.08. The lowest BCUT2D eigenvalue weighted by molar-refractivity contribution is -0.164. The fourth-order valence-electron chi connectivity index (χ4n) is 7.94. The summed E-state index contributed by atoms with van der Waals surface area (Å²) in [5, 5.41) is 11.5. The molecule has 0 aliphatic carbocycles. The van der Waals surface area contributed by atoms with Gasteiger partial charge in [0.05, 0.1) is 18.2 Å². The highest BCUT2D eigenvalue weighted by Crippen LogP contribution is 2.26. The minimum absolute atomic E-state index is 0.0685. The number of rotatable bonds is 21. The molecule has 1 aromatic carbocycles. The van der Waals surface area contributed by atoms with Crippen LogP contribution >= 0.6 is 0 Å². The second-order valence-electron chi connectivity index (χ2n) is 20.1. The molecule has 2 saturated heterocycles. The lowest BCUT2D eigenvalue weighted by Crippen LogP contribution is -2.61. The zero-order valence-corrected chi connectivity index (χ0v) is 40.6. The summed E-state index contributed by atoms with van der Waals surface area (Å²) in [6, 6.07) is 2.17. The summed E-state index contributed by atoms with van der Waals surface area (Å²) in [4.78, 5) is 101. The molecule has 360 valence electrons. The lowest BCUT2D eigenvalue weighted by atomic mass is 9.96. The van der Waals surface area contributed by atoms with Gasteiger partial charge in [0.25, 0.3) is 0 Å². The van der Waals surface area contributed by atoms with Gasteiger partial charge in [-0.1, -0.05) is 84.7 Å². The maximum Gasteiger partial charge on any atom is 0.329 e. The SMILES string of the molecule is CC[C@H](C)[C@H](NC(=O)[C@@H](N)CC(C)C)C(=O)N[C@@H](Cc1ccccc1)C(=O)N[C@@H](COC(C)(C)C)C(=O)N1CCC[C@H]1C(=O)N[C@H](C(=O)N1CCC[C@H]1C(=O)OC(C)(C)C)[C@@H](C)CC. The van der Waals surface area contributed by atoms with Crippen molar-refractivity contribution in [2.75, 3.05) is 19.7 Å². The van der Waals surface area contributed by atoms with Crippen molar-refractivity contribution in [1.82, 2.24) is 31.1 Å². The number of hydrogen-bond acceptors (Lipinski definition) is 10. The van der Waals surface area contributed by atoms with E-state index in [9.17, 15) is 33.6 Å². The molecule has 0 unspecified atom stereocenters. The predicted octanol–water partition coefficient (Wildman–Crippen LogP) is 3.77. The van der Waals surface area contributed by atoms with Crippen molar-refractivity contribution in [2.45, 2.75) is 188 Å². The third-order valence-corrected chi connectivity index (χ3v) is 11.9. The predicted molar refractivity (Wildman–Crippen MR) is 245 cm³/mol. The topological polar surface area (TPSA) is 219 Å². The first-order valence-corrected chi connectivity index (χ1v) is 23.4. The third-order valence-electron chi connectivity index (χ3n) is 11.9. The number of hydrogen-bond donors (Lipinski definition) is 5. The molecule has 2 fully saturated rings. The van der Waals surface area contributed by atoms with E-state index in [0.29, 0.717) is 51.5 Å². The van der Waals surface area contributed by atoms with Crippen molar-refractivity contribution in [3.05, 3.63) is 35.9 Å². The number of esters is 1. The van der Waals surface area contributed by atoms with E-state index in [1.165, 1.54) is 9.80 Å². The summed E-state index contributed by atoms with van der Waals surface area (Å²) >= 11 is 0. The molecule has 0 radical (unpaired) electrons. The second kappa shape index (κ2) is 24.1. The fraction of sp³-hybridized carbons (Fsp3) is 0.729. The van der Waals surface area contributed by atoms with Crippen molar-refractivity contribution in [3.8, 4) is 0 Å². The van der Waals surface area contributed by atoms with Crippen molar-refractivity contribution in [1.29, 1.82) is 0 Å². The summed E-state index contributed by atoms with van der Waals surface area (Å²) in [7, 11) is 0. The Labute approximate surface area is 381 Å². The Kier molecular flexibility index (Phi) is 20.2. The Morgan fingerprint density at radius 2 is 1.23 bits per heavy atom. The molecule has 16 heteroatoms. The molecule has 0 aromatic heterocycles. The quantitative estimate of drug-likeness (QED) is 0.113. The van der Waals surface area contributed by atoms with Crippen LogP contribution in [0, 0.1) is 17.8 Å². The molecule has 0 spiro atoms. The molecule has 16 nitrogen and oxygen atoms in total. The highest BCUT2D eigenvalue weighted by Gasteiger charge is 2.44. The Bertz CT molecular complexity index is 1740. The number of nitrogens with two attached hydrogens (primary N) is 1. The van der Waals surface area contributed by atoms with Crippen LogP contribution in [-0.4, -0.2) is 124 Å². The Balaban J connectivity index is 1.90. The summed E-state index contributed by atoms with van der Waals surface area (Å²) in [6.45, 7) is 22.5. The van der Waals surface area contributed by atoms with E-state index >= 15 is 0 Å². The van der Waals surface area contributed by atoms with Crippen molar-refractivity contribution in [2.24, 2.45) is 23.5 Å². The van der Waals surface area contributed by atoms with Crippen LogP contribution in [0.2, 0.25) is 0 Å². The van der Waals surface area contributed by atoms with Crippen LogP contribution in [0.1, 0.15) is 134 Å². The van der Waals surface area contributed by atoms with Gasteiger partial charge in [0, 0.05) is 19.5 Å². The first-order chi connectivity index (χ1) is 29.9. The number of carbonyl (C=O) groups is 7. The first kappa shape index (κ1) is 53.8. The average Bonchev–Trinajstić information content (AvgIpc) is 3.92. The van der Waals surface area contributed by atoms with E-state index in [1.807, 2.05) is 92.6 Å². The zero-order valence-electron chi connectivity index (χ0n) is 40.6. The Morgan fingerprint density at radius 3 is 1.78 bits per heavy atom. The highest BCUT2D eigenvalue weighted by atomic mass is 16.6. The van der Waals surface area contributed by atoms with Gasteiger partial charge >= 0.3 is 5.97 Å². The molecule has 1 aromatic rings. The number of benzene rings is 1. The molecule has 3 rings (SSSR count). The molecule has 2 aliphatic heterocycles. The summed E-state index contributed by atoms with van der Waals surface area (Å²) in [6.07, 6.45) is 3.49. The van der Waals surface area contributed by atoms with Gasteiger partial charge in [0.15, 0.2) is 0 Å². The fourth-order valence-corrected chi connectivity index (χ4v) is 7.94. The normalized spacial score (nSPS) is 20.0. The van der Waals surface area contributed by atoms with E-state index in [4.69, 9.17) is 15.2 Å². The van der Waals surface area contributed by atoms with Crippen LogP contribution in [0.4, 0.5) is 0 Å². The van der Waals surface area contributed by atoms with Gasteiger partial charge in [-0.2, -0.15) is 0 Å². The highest BCUT2D eigenvalue weighted by molar-refractivity contribution is 5.97. The molecule has 64 heavy (non-hydrogen) atoms. The minimum Gasteiger partial charge on any atom is -0.458 e. The van der Waals surface area contributed by atoms with Gasteiger partial charge in [-0.3, -0.25) is 28.8 Å². The van der Waals surface area contributed by atoms with E-state index in [2.05, 4.69) is 21.3 Å². The number of nitrogens with zero attached hydrogens (tertiary/aromatic N) is 2. The van der Waals surface area contributed by atoms with Crippen molar-refractivity contribution < 1.29 is 43.0 Å². The number of nitrogens with one attached hydrogen (secondary N) is 4. The summed E-state index contributed by atoms with van der Waals surface area (Å²) in [5.41, 5.74) is 5.48. The molecular weight excluding hydrogens is 819 g/mol. The monoisotopic (exact) mass is 898 g/mol. The maximum atomic E-state index is 14.6. The molecule has 9 atom stereocenters. The molecule has 2 heterocycles. The zero-order chi connectivity index (χ0) is 48.1. The third kappa shape index (κ3) is 16.1. The number of carbonyl (C=O) groups excluding carboxylic acids is 7. The van der Waals surface area contributed by atoms with Crippen LogP contribution in [0.15, 0.2) is 30.3 Å².